The molecule has 1 aliphatic heterocycles. The van der Waals surface area contributed by atoms with Gasteiger partial charge in [0.2, 0.25) is 5.91 Å². The summed E-state index contributed by atoms with van der Waals surface area (Å²) < 4.78 is 0. The zero-order valence-electron chi connectivity index (χ0n) is 12.8. The van der Waals surface area contributed by atoms with Crippen molar-refractivity contribution in [1.82, 2.24) is 14.7 Å². The number of hydrogen-bond donors (Lipinski definition) is 0. The summed E-state index contributed by atoms with van der Waals surface area (Å²) in [5, 5.41) is 0. The first-order valence-electron chi connectivity index (χ1n) is 7.69. The second kappa shape index (κ2) is 7.60. The largest absolute Gasteiger partial charge is 0.336 e. The third-order valence-corrected chi connectivity index (χ3v) is 4.03. The zero-order chi connectivity index (χ0) is 14.4. The minimum atomic E-state index is 0.252. The third-order valence-electron chi connectivity index (χ3n) is 4.03. The number of rotatable bonds is 5. The van der Waals surface area contributed by atoms with Crippen LogP contribution in [0.5, 0.6) is 0 Å². The van der Waals surface area contributed by atoms with Crippen LogP contribution in [0.2, 0.25) is 0 Å². The van der Waals surface area contributed by atoms with Gasteiger partial charge in [-0.1, -0.05) is 18.2 Å². The van der Waals surface area contributed by atoms with Crippen molar-refractivity contribution >= 4 is 5.91 Å². The van der Waals surface area contributed by atoms with Crippen molar-refractivity contribution in [3.05, 3.63) is 23.8 Å². The molecule has 4 heteroatoms. The van der Waals surface area contributed by atoms with Crippen molar-refractivity contribution < 1.29 is 4.79 Å². The topological polar surface area (TPSA) is 26.8 Å². The Hall–Kier alpha value is -1.13. The molecule has 0 aromatic carbocycles. The molecule has 0 radical (unpaired) electrons. The van der Waals surface area contributed by atoms with Gasteiger partial charge in [0.05, 0.1) is 0 Å². The van der Waals surface area contributed by atoms with Crippen molar-refractivity contribution in [2.45, 2.75) is 19.3 Å². The lowest BCUT2D eigenvalue weighted by Gasteiger charge is -2.35. The number of carbonyl (C=O) groups is 1. The molecule has 1 saturated heterocycles. The normalized spacial score (nSPS) is 20.4. The van der Waals surface area contributed by atoms with E-state index in [1.807, 2.05) is 17.1 Å². The predicted octanol–water partition coefficient (Wildman–Crippen LogP) is 1.36. The Morgan fingerprint density at radius 3 is 2.60 bits per heavy atom. The van der Waals surface area contributed by atoms with Crippen LogP contribution in [0, 0.1) is 0 Å². The average Bonchev–Trinajstić information content (AvgIpc) is 2.48. The number of hydrogen-bond acceptors (Lipinski definition) is 3. The summed E-state index contributed by atoms with van der Waals surface area (Å²) in [5.41, 5.74) is 0.980. The monoisotopic (exact) mass is 277 g/mol. The highest BCUT2D eigenvalue weighted by molar-refractivity contribution is 5.94. The van der Waals surface area contributed by atoms with Crippen LogP contribution in [0.25, 0.3) is 0 Å². The van der Waals surface area contributed by atoms with Gasteiger partial charge in [-0.2, -0.15) is 0 Å². The Kier molecular flexibility index (Phi) is 5.80. The summed E-state index contributed by atoms with van der Waals surface area (Å²) in [6, 6.07) is 0. The van der Waals surface area contributed by atoms with E-state index in [0.29, 0.717) is 0 Å². The lowest BCUT2D eigenvalue weighted by Crippen LogP contribution is -2.49. The minimum Gasteiger partial charge on any atom is -0.336 e. The van der Waals surface area contributed by atoms with Crippen LogP contribution in [-0.4, -0.2) is 74.0 Å². The van der Waals surface area contributed by atoms with E-state index in [-0.39, 0.29) is 5.91 Å². The SMILES string of the molecule is CN(C)CCCN1CCN(C(=O)C2=CC=CCC2)CC1. The maximum atomic E-state index is 12.4. The number of piperazine rings is 1. The molecule has 0 atom stereocenters. The summed E-state index contributed by atoms with van der Waals surface area (Å²) in [7, 11) is 4.23. The molecule has 1 heterocycles. The predicted molar refractivity (Wildman–Crippen MR) is 82.6 cm³/mol. The highest BCUT2D eigenvalue weighted by Gasteiger charge is 2.23. The van der Waals surface area contributed by atoms with Gasteiger partial charge in [0.15, 0.2) is 0 Å². The van der Waals surface area contributed by atoms with Gasteiger partial charge < -0.3 is 9.80 Å². The summed E-state index contributed by atoms with van der Waals surface area (Å²) in [5.74, 6) is 0.252. The lowest BCUT2D eigenvalue weighted by molar-refractivity contribution is -0.129. The van der Waals surface area contributed by atoms with Crippen LogP contribution < -0.4 is 0 Å². The van der Waals surface area contributed by atoms with E-state index >= 15 is 0 Å². The fourth-order valence-corrected chi connectivity index (χ4v) is 2.77. The molecule has 20 heavy (non-hydrogen) atoms. The van der Waals surface area contributed by atoms with Crippen LogP contribution >= 0.6 is 0 Å². The standard InChI is InChI=1S/C16H27N3O/c1-17(2)9-6-10-18-11-13-19(14-12-18)16(20)15-7-4-3-5-8-15/h3-4,7H,5-6,8-14H2,1-2H3. The smallest absolute Gasteiger partial charge is 0.249 e. The quantitative estimate of drug-likeness (QED) is 0.759. The molecule has 0 unspecified atom stereocenters. The molecular weight excluding hydrogens is 250 g/mol. The van der Waals surface area contributed by atoms with E-state index < -0.39 is 0 Å². The molecule has 112 valence electrons. The minimum absolute atomic E-state index is 0.252. The highest BCUT2D eigenvalue weighted by Crippen LogP contribution is 2.16. The van der Waals surface area contributed by atoms with E-state index in [2.05, 4.69) is 30.0 Å². The van der Waals surface area contributed by atoms with Crippen LogP contribution in [0.4, 0.5) is 0 Å². The summed E-state index contributed by atoms with van der Waals surface area (Å²) >= 11 is 0. The summed E-state index contributed by atoms with van der Waals surface area (Å²) in [6.45, 7) is 6.07. The molecule has 0 bridgehead atoms. The molecule has 2 rings (SSSR count). The van der Waals surface area contributed by atoms with E-state index in [4.69, 9.17) is 0 Å². The van der Waals surface area contributed by atoms with E-state index in [9.17, 15) is 4.79 Å². The van der Waals surface area contributed by atoms with Gasteiger partial charge in [0, 0.05) is 31.8 Å². The van der Waals surface area contributed by atoms with E-state index in [1.54, 1.807) is 0 Å². The Bertz CT molecular complexity index is 379. The number of carbonyl (C=O) groups excluding carboxylic acids is 1. The second-order valence-corrected chi connectivity index (χ2v) is 5.95. The van der Waals surface area contributed by atoms with Crippen LogP contribution in [0.15, 0.2) is 23.8 Å². The molecular formula is C16H27N3O. The Balaban J connectivity index is 1.72. The number of nitrogens with zero attached hydrogens (tertiary/aromatic N) is 3. The first-order chi connectivity index (χ1) is 9.66. The average molecular weight is 277 g/mol. The molecule has 0 spiro atoms. The van der Waals surface area contributed by atoms with Crippen molar-refractivity contribution in [3.63, 3.8) is 0 Å². The van der Waals surface area contributed by atoms with Crippen LogP contribution in [-0.2, 0) is 4.79 Å². The first-order valence-corrected chi connectivity index (χ1v) is 7.69. The molecule has 0 aromatic rings. The maximum absolute atomic E-state index is 12.4. The molecule has 2 aliphatic rings. The van der Waals surface area contributed by atoms with E-state index in [0.717, 1.165) is 57.7 Å². The van der Waals surface area contributed by atoms with Gasteiger partial charge in [0.1, 0.15) is 0 Å². The fraction of sp³-hybridized carbons (Fsp3) is 0.688. The van der Waals surface area contributed by atoms with Crippen molar-refractivity contribution in [2.75, 3.05) is 53.4 Å². The van der Waals surface area contributed by atoms with Crippen molar-refractivity contribution in [3.8, 4) is 0 Å². The van der Waals surface area contributed by atoms with Gasteiger partial charge in [-0.05, 0) is 46.4 Å². The van der Waals surface area contributed by atoms with Gasteiger partial charge >= 0.3 is 0 Å². The van der Waals surface area contributed by atoms with E-state index in [1.165, 1.54) is 6.42 Å². The lowest BCUT2D eigenvalue weighted by atomic mass is 10.0. The zero-order valence-corrected chi connectivity index (χ0v) is 12.8. The van der Waals surface area contributed by atoms with Gasteiger partial charge in [0.25, 0.3) is 0 Å². The van der Waals surface area contributed by atoms with Crippen LogP contribution in [0.1, 0.15) is 19.3 Å². The Morgan fingerprint density at radius 2 is 2.00 bits per heavy atom. The van der Waals surface area contributed by atoms with Gasteiger partial charge in [-0.3, -0.25) is 9.69 Å². The molecule has 0 aromatic heterocycles. The molecule has 0 N–H and O–H groups in total. The van der Waals surface area contributed by atoms with Crippen LogP contribution in [0.3, 0.4) is 0 Å². The maximum Gasteiger partial charge on any atom is 0.249 e. The molecule has 4 nitrogen and oxygen atoms in total. The van der Waals surface area contributed by atoms with Crippen molar-refractivity contribution in [1.29, 1.82) is 0 Å². The summed E-state index contributed by atoms with van der Waals surface area (Å²) in [4.78, 5) is 19.1. The molecule has 1 fully saturated rings. The third kappa shape index (κ3) is 4.46. The number of amides is 1. The van der Waals surface area contributed by atoms with Gasteiger partial charge in [-0.25, -0.2) is 0 Å². The second-order valence-electron chi connectivity index (χ2n) is 5.95. The Morgan fingerprint density at radius 1 is 1.25 bits per heavy atom. The number of allylic oxidation sites excluding steroid dienone is 3. The first kappa shape index (κ1) is 15.3. The van der Waals surface area contributed by atoms with Gasteiger partial charge in [-0.15, -0.1) is 0 Å². The Labute approximate surface area is 122 Å². The molecule has 0 saturated carbocycles. The van der Waals surface area contributed by atoms with Crippen molar-refractivity contribution in [2.24, 2.45) is 0 Å². The molecule has 1 aliphatic carbocycles. The fourth-order valence-electron chi connectivity index (χ4n) is 2.77. The summed E-state index contributed by atoms with van der Waals surface area (Å²) in [6.07, 6.45) is 9.22. The highest BCUT2D eigenvalue weighted by atomic mass is 16.2. The molecule has 1 amide bonds.